The van der Waals surface area contributed by atoms with Gasteiger partial charge in [0.15, 0.2) is 9.84 Å². The molecule has 138 valence electrons. The van der Waals surface area contributed by atoms with Crippen molar-refractivity contribution in [3.63, 3.8) is 0 Å². The molecule has 25 heavy (non-hydrogen) atoms. The van der Waals surface area contributed by atoms with Crippen molar-refractivity contribution in [2.45, 2.75) is 40.5 Å². The summed E-state index contributed by atoms with van der Waals surface area (Å²) in [6, 6.07) is 3.83. The van der Waals surface area contributed by atoms with Crippen LogP contribution < -0.4 is 0 Å². The van der Waals surface area contributed by atoms with E-state index in [2.05, 4.69) is 5.10 Å². The number of ketones is 1. The molecule has 6 nitrogen and oxygen atoms in total. The third-order valence-corrected chi connectivity index (χ3v) is 4.66. The van der Waals surface area contributed by atoms with Gasteiger partial charge in [-0.15, -0.1) is 0 Å². The summed E-state index contributed by atoms with van der Waals surface area (Å²) in [6.07, 6.45) is 2.37. The SMILES string of the molecule is CCc1cc(C)cc(CC)c1C(=O)C(=O)N(C)/N=C(/C)CS(C)(=O)=O. The van der Waals surface area contributed by atoms with Gasteiger partial charge in [-0.1, -0.05) is 31.5 Å². The van der Waals surface area contributed by atoms with Crippen LogP contribution in [0.4, 0.5) is 0 Å². The lowest BCUT2D eigenvalue weighted by Gasteiger charge is -2.16. The fourth-order valence-electron chi connectivity index (χ4n) is 2.75. The summed E-state index contributed by atoms with van der Waals surface area (Å²) in [5.74, 6) is -1.66. The minimum Gasteiger partial charge on any atom is -0.283 e. The molecule has 1 amide bonds. The largest absolute Gasteiger partial charge is 0.314 e. The van der Waals surface area contributed by atoms with Gasteiger partial charge in [-0.05, 0) is 37.8 Å². The van der Waals surface area contributed by atoms with Crippen LogP contribution in [0.3, 0.4) is 0 Å². The number of hydrogen-bond acceptors (Lipinski definition) is 5. The molecule has 0 spiro atoms. The molecular weight excluding hydrogens is 340 g/mol. The lowest BCUT2D eigenvalue weighted by atomic mass is 9.92. The monoisotopic (exact) mass is 366 g/mol. The van der Waals surface area contributed by atoms with E-state index in [1.54, 1.807) is 0 Å². The highest BCUT2D eigenvalue weighted by atomic mass is 32.2. The lowest BCUT2D eigenvalue weighted by Crippen LogP contribution is -2.32. The second-order valence-electron chi connectivity index (χ2n) is 6.23. The van der Waals surface area contributed by atoms with Crippen molar-refractivity contribution >= 4 is 27.2 Å². The topological polar surface area (TPSA) is 83.9 Å². The molecule has 0 aliphatic rings. The van der Waals surface area contributed by atoms with Crippen LogP contribution in [0.5, 0.6) is 0 Å². The fraction of sp³-hybridized carbons (Fsp3) is 0.500. The molecular formula is C18H26N2O4S. The number of amides is 1. The Bertz CT molecular complexity index is 785. The van der Waals surface area contributed by atoms with E-state index in [1.807, 2.05) is 32.9 Å². The molecule has 0 radical (unpaired) electrons. The first-order valence-electron chi connectivity index (χ1n) is 8.16. The van der Waals surface area contributed by atoms with Gasteiger partial charge in [0.2, 0.25) is 0 Å². The maximum Gasteiger partial charge on any atom is 0.314 e. The van der Waals surface area contributed by atoms with Gasteiger partial charge in [0.25, 0.3) is 5.78 Å². The van der Waals surface area contributed by atoms with E-state index in [0.29, 0.717) is 18.4 Å². The molecule has 0 aromatic heterocycles. The quantitative estimate of drug-likeness (QED) is 0.320. The summed E-state index contributed by atoms with van der Waals surface area (Å²) in [5, 5.41) is 4.86. The van der Waals surface area contributed by atoms with Crippen molar-refractivity contribution in [3.05, 3.63) is 34.4 Å². The number of nitrogens with zero attached hydrogens (tertiary/aromatic N) is 2. The second-order valence-corrected chi connectivity index (χ2v) is 8.37. The van der Waals surface area contributed by atoms with Crippen LogP contribution in [0.15, 0.2) is 17.2 Å². The minimum atomic E-state index is -3.25. The van der Waals surface area contributed by atoms with Gasteiger partial charge < -0.3 is 0 Å². The van der Waals surface area contributed by atoms with Crippen LogP contribution in [0.25, 0.3) is 0 Å². The Morgan fingerprint density at radius 1 is 1.12 bits per heavy atom. The molecule has 1 rings (SSSR count). The lowest BCUT2D eigenvalue weighted by molar-refractivity contribution is -0.125. The molecule has 0 bridgehead atoms. The van der Waals surface area contributed by atoms with Gasteiger partial charge in [-0.3, -0.25) is 9.59 Å². The number of carbonyl (C=O) groups excluding carboxylic acids is 2. The number of likely N-dealkylation sites (N-methyl/N-ethyl adjacent to an activating group) is 1. The summed E-state index contributed by atoms with van der Waals surface area (Å²) >= 11 is 0. The first kappa shape index (κ1) is 21.0. The molecule has 0 saturated carbocycles. The van der Waals surface area contributed by atoms with E-state index < -0.39 is 21.5 Å². The summed E-state index contributed by atoms with van der Waals surface area (Å²) < 4.78 is 22.6. The zero-order valence-electron chi connectivity index (χ0n) is 15.7. The average molecular weight is 366 g/mol. The van der Waals surface area contributed by atoms with Crippen molar-refractivity contribution in [1.82, 2.24) is 5.01 Å². The zero-order valence-corrected chi connectivity index (χ0v) is 16.5. The highest BCUT2D eigenvalue weighted by Crippen LogP contribution is 2.20. The molecule has 0 fully saturated rings. The predicted molar refractivity (Wildman–Crippen MR) is 99.9 cm³/mol. The third-order valence-electron chi connectivity index (χ3n) is 3.71. The van der Waals surface area contributed by atoms with Crippen LogP contribution in [-0.4, -0.2) is 49.9 Å². The van der Waals surface area contributed by atoms with Gasteiger partial charge in [0.05, 0.1) is 11.5 Å². The van der Waals surface area contributed by atoms with Crippen molar-refractivity contribution in [3.8, 4) is 0 Å². The van der Waals surface area contributed by atoms with E-state index in [1.165, 1.54) is 14.0 Å². The van der Waals surface area contributed by atoms with E-state index in [4.69, 9.17) is 0 Å². The molecule has 0 aliphatic carbocycles. The molecule has 0 unspecified atom stereocenters. The van der Waals surface area contributed by atoms with Gasteiger partial charge in [-0.25, -0.2) is 13.4 Å². The number of benzene rings is 1. The fourth-order valence-corrected chi connectivity index (χ4v) is 3.57. The zero-order chi connectivity index (χ0) is 19.4. The van der Waals surface area contributed by atoms with Gasteiger partial charge in [0, 0.05) is 18.9 Å². The minimum absolute atomic E-state index is 0.251. The normalized spacial score (nSPS) is 12.2. The van der Waals surface area contributed by atoms with Gasteiger partial charge in [-0.2, -0.15) is 5.10 Å². The number of hydrazone groups is 1. The van der Waals surface area contributed by atoms with Crippen molar-refractivity contribution in [1.29, 1.82) is 0 Å². The molecule has 0 heterocycles. The Morgan fingerprint density at radius 2 is 1.60 bits per heavy atom. The number of rotatable bonds is 7. The first-order chi connectivity index (χ1) is 11.5. The third kappa shape index (κ3) is 5.77. The highest BCUT2D eigenvalue weighted by molar-refractivity contribution is 7.91. The van der Waals surface area contributed by atoms with Gasteiger partial charge in [0.1, 0.15) is 0 Å². The van der Waals surface area contributed by atoms with Crippen molar-refractivity contribution in [2.75, 3.05) is 19.1 Å². The number of hydrogen-bond donors (Lipinski definition) is 0. The smallest absolute Gasteiger partial charge is 0.283 e. The maximum atomic E-state index is 12.7. The second kappa shape index (κ2) is 8.38. The van der Waals surface area contributed by atoms with Crippen molar-refractivity contribution in [2.24, 2.45) is 5.10 Å². The first-order valence-corrected chi connectivity index (χ1v) is 10.2. The Balaban J connectivity index is 3.19. The van der Waals surface area contributed by atoms with Crippen LogP contribution in [-0.2, 0) is 27.5 Å². The number of carbonyl (C=O) groups is 2. The van der Waals surface area contributed by atoms with E-state index in [-0.39, 0.29) is 11.5 Å². The van der Waals surface area contributed by atoms with Crippen LogP contribution in [0.2, 0.25) is 0 Å². The molecule has 0 N–H and O–H groups in total. The van der Waals surface area contributed by atoms with E-state index in [9.17, 15) is 18.0 Å². The molecule has 0 atom stereocenters. The van der Waals surface area contributed by atoms with Crippen LogP contribution >= 0.6 is 0 Å². The summed E-state index contributed by atoms with van der Waals surface area (Å²) in [5.41, 5.74) is 3.40. The summed E-state index contributed by atoms with van der Waals surface area (Å²) in [4.78, 5) is 25.2. The van der Waals surface area contributed by atoms with E-state index in [0.717, 1.165) is 28.0 Å². The summed E-state index contributed by atoms with van der Waals surface area (Å²) in [6.45, 7) is 7.34. The van der Waals surface area contributed by atoms with Crippen LogP contribution in [0, 0.1) is 6.92 Å². The predicted octanol–water partition coefficient (Wildman–Crippen LogP) is 2.18. The number of Topliss-reactive ketones (excluding diaryl/α,β-unsaturated/α-hetero) is 1. The Hall–Kier alpha value is -2.02. The molecule has 0 saturated heterocycles. The van der Waals surface area contributed by atoms with E-state index >= 15 is 0 Å². The molecule has 0 aliphatic heterocycles. The number of sulfone groups is 1. The van der Waals surface area contributed by atoms with Gasteiger partial charge >= 0.3 is 5.91 Å². The Morgan fingerprint density at radius 3 is 2.00 bits per heavy atom. The summed E-state index contributed by atoms with van der Waals surface area (Å²) in [7, 11) is -1.89. The standard InChI is InChI=1S/C18H26N2O4S/c1-7-14-9-12(3)10-15(8-2)16(14)17(21)18(22)20(5)19-13(4)11-25(6,23)24/h9-10H,7-8,11H2,1-6H3/b19-13-. The Labute approximate surface area is 149 Å². The Kier molecular flexibility index (Phi) is 7.05. The molecule has 1 aromatic rings. The average Bonchev–Trinajstić information content (AvgIpc) is 2.50. The highest BCUT2D eigenvalue weighted by Gasteiger charge is 2.25. The molecule has 1 aromatic carbocycles. The number of aryl methyl sites for hydroxylation is 3. The van der Waals surface area contributed by atoms with Crippen molar-refractivity contribution < 1.29 is 18.0 Å². The maximum absolute atomic E-state index is 12.7. The van der Waals surface area contributed by atoms with Crippen LogP contribution in [0.1, 0.15) is 47.8 Å². The molecule has 7 heteroatoms.